The average molecular weight is 374 g/mol. The average Bonchev–Trinajstić information content (AvgIpc) is 2.43. The van der Waals surface area contributed by atoms with Crippen LogP contribution in [-0.4, -0.2) is 22.8 Å². The minimum absolute atomic E-state index is 0.166. The van der Waals surface area contributed by atoms with Gasteiger partial charge in [0.2, 0.25) is 0 Å². The van der Waals surface area contributed by atoms with Crippen molar-refractivity contribution in [3.8, 4) is 0 Å². The Kier molecular flexibility index (Phi) is 5.02. The Bertz CT molecular complexity index is 632. The number of carbonyl (C=O) groups is 1. The number of nitrogens with zero attached hydrogens (tertiary/aromatic N) is 2. The fourth-order valence-electron chi connectivity index (χ4n) is 1.68. The van der Waals surface area contributed by atoms with Crippen molar-refractivity contribution in [2.45, 2.75) is 6.54 Å². The molecule has 6 heteroatoms. The zero-order valence-electron chi connectivity index (χ0n) is 10.6. The quantitative estimate of drug-likeness (QED) is 0.746. The molecule has 2 aromatic rings. The summed E-state index contributed by atoms with van der Waals surface area (Å²) in [6.07, 6.45) is 0. The molecule has 0 radical (unpaired) electrons. The Morgan fingerprint density at radius 1 is 1.20 bits per heavy atom. The van der Waals surface area contributed by atoms with Crippen LogP contribution < -0.4 is 0 Å². The topological polar surface area (TPSA) is 33.2 Å². The molecule has 0 aliphatic heterocycles. The SMILES string of the molecule is CN(Cc1ccc(Br)cc1)C(=O)c1nc(Cl)ccc1Cl. The third-order valence-corrected chi connectivity index (χ3v) is 3.74. The number of benzene rings is 1. The van der Waals surface area contributed by atoms with Gasteiger partial charge in [0, 0.05) is 18.1 Å². The van der Waals surface area contributed by atoms with Crippen molar-refractivity contribution in [1.29, 1.82) is 0 Å². The van der Waals surface area contributed by atoms with E-state index < -0.39 is 0 Å². The lowest BCUT2D eigenvalue weighted by atomic mass is 10.2. The molecule has 0 unspecified atom stereocenters. The number of hydrogen-bond acceptors (Lipinski definition) is 2. The van der Waals surface area contributed by atoms with Gasteiger partial charge in [0.1, 0.15) is 10.8 Å². The molecule has 0 saturated carbocycles. The van der Waals surface area contributed by atoms with Crippen molar-refractivity contribution in [2.24, 2.45) is 0 Å². The van der Waals surface area contributed by atoms with Gasteiger partial charge in [-0.1, -0.05) is 51.3 Å². The molecule has 0 atom stereocenters. The van der Waals surface area contributed by atoms with Crippen LogP contribution in [0.15, 0.2) is 40.9 Å². The van der Waals surface area contributed by atoms with Gasteiger partial charge in [0.25, 0.3) is 5.91 Å². The van der Waals surface area contributed by atoms with E-state index in [1.54, 1.807) is 24.1 Å². The lowest BCUT2D eigenvalue weighted by Crippen LogP contribution is -2.27. The predicted octanol–water partition coefficient (Wildman–Crippen LogP) is 4.42. The molecule has 0 spiro atoms. The van der Waals surface area contributed by atoms with Gasteiger partial charge in [0.15, 0.2) is 0 Å². The second-order valence-electron chi connectivity index (χ2n) is 4.25. The summed E-state index contributed by atoms with van der Waals surface area (Å²) in [5.41, 5.74) is 1.18. The molecule has 0 fully saturated rings. The first-order valence-corrected chi connectivity index (χ1v) is 7.34. The normalized spacial score (nSPS) is 10.4. The number of amides is 1. The van der Waals surface area contributed by atoms with Crippen LogP contribution in [0.25, 0.3) is 0 Å². The van der Waals surface area contributed by atoms with E-state index in [-0.39, 0.29) is 16.8 Å². The number of halogens is 3. The van der Waals surface area contributed by atoms with E-state index in [1.165, 1.54) is 0 Å². The van der Waals surface area contributed by atoms with Crippen molar-refractivity contribution < 1.29 is 4.79 Å². The monoisotopic (exact) mass is 372 g/mol. The standard InChI is InChI=1S/C14H11BrCl2N2O/c1-19(8-9-2-4-10(15)5-3-9)14(20)13-11(16)6-7-12(17)18-13/h2-7H,8H2,1H3. The molecule has 0 aliphatic carbocycles. The Labute approximate surface area is 135 Å². The first kappa shape index (κ1) is 15.3. The highest BCUT2D eigenvalue weighted by molar-refractivity contribution is 9.10. The van der Waals surface area contributed by atoms with Crippen LogP contribution >= 0.6 is 39.1 Å². The minimum atomic E-state index is -0.264. The van der Waals surface area contributed by atoms with Crippen molar-refractivity contribution in [3.63, 3.8) is 0 Å². The molecule has 0 N–H and O–H groups in total. The van der Waals surface area contributed by atoms with Crippen LogP contribution in [0.1, 0.15) is 16.1 Å². The van der Waals surface area contributed by atoms with Crippen LogP contribution in [0.3, 0.4) is 0 Å². The molecule has 3 nitrogen and oxygen atoms in total. The highest BCUT2D eigenvalue weighted by Crippen LogP contribution is 2.19. The maximum atomic E-state index is 12.3. The largest absolute Gasteiger partial charge is 0.336 e. The number of carbonyl (C=O) groups excluding carboxylic acids is 1. The second-order valence-corrected chi connectivity index (χ2v) is 5.96. The van der Waals surface area contributed by atoms with Crippen LogP contribution in [0.4, 0.5) is 0 Å². The van der Waals surface area contributed by atoms with Crippen LogP contribution in [0.2, 0.25) is 10.2 Å². The Morgan fingerprint density at radius 3 is 2.50 bits per heavy atom. The maximum Gasteiger partial charge on any atom is 0.274 e. The van der Waals surface area contributed by atoms with Gasteiger partial charge in [0.05, 0.1) is 5.02 Å². The number of pyridine rings is 1. The summed E-state index contributed by atoms with van der Waals surface area (Å²) >= 11 is 15.2. The van der Waals surface area contributed by atoms with Gasteiger partial charge in [-0.15, -0.1) is 0 Å². The first-order chi connectivity index (χ1) is 9.47. The Hall–Kier alpha value is -1.10. The van der Waals surface area contributed by atoms with Crippen molar-refractivity contribution in [2.75, 3.05) is 7.05 Å². The van der Waals surface area contributed by atoms with Gasteiger partial charge in [-0.25, -0.2) is 4.98 Å². The maximum absolute atomic E-state index is 12.3. The van der Waals surface area contributed by atoms with E-state index in [4.69, 9.17) is 23.2 Å². The third-order valence-electron chi connectivity index (χ3n) is 2.69. The zero-order chi connectivity index (χ0) is 14.7. The van der Waals surface area contributed by atoms with Crippen molar-refractivity contribution in [3.05, 3.63) is 62.3 Å². The van der Waals surface area contributed by atoms with Crippen molar-refractivity contribution >= 4 is 45.0 Å². The molecule has 1 aromatic carbocycles. The molecule has 0 aliphatic rings. The zero-order valence-corrected chi connectivity index (χ0v) is 13.7. The van der Waals surface area contributed by atoms with Crippen LogP contribution in [0, 0.1) is 0 Å². The van der Waals surface area contributed by atoms with Gasteiger partial charge in [-0.05, 0) is 29.8 Å². The third kappa shape index (κ3) is 3.72. The van der Waals surface area contributed by atoms with Gasteiger partial charge in [-0.3, -0.25) is 4.79 Å². The molecule has 1 heterocycles. The summed E-state index contributed by atoms with van der Waals surface area (Å²) in [7, 11) is 1.70. The Balaban J connectivity index is 2.16. The molecular formula is C14H11BrCl2N2O. The molecule has 1 amide bonds. The lowest BCUT2D eigenvalue weighted by Gasteiger charge is -2.17. The summed E-state index contributed by atoms with van der Waals surface area (Å²) < 4.78 is 0.995. The second kappa shape index (κ2) is 6.57. The van der Waals surface area contributed by atoms with E-state index in [0.717, 1.165) is 10.0 Å². The minimum Gasteiger partial charge on any atom is -0.336 e. The molecular weight excluding hydrogens is 363 g/mol. The van der Waals surface area contributed by atoms with Crippen molar-refractivity contribution in [1.82, 2.24) is 9.88 Å². The summed E-state index contributed by atoms with van der Waals surface area (Å²) in [6.45, 7) is 0.469. The van der Waals surface area contributed by atoms with E-state index in [1.807, 2.05) is 24.3 Å². The van der Waals surface area contributed by atoms with Crippen LogP contribution in [0.5, 0.6) is 0 Å². The smallest absolute Gasteiger partial charge is 0.274 e. The number of rotatable bonds is 3. The van der Waals surface area contributed by atoms with Gasteiger partial charge < -0.3 is 4.90 Å². The highest BCUT2D eigenvalue weighted by atomic mass is 79.9. The van der Waals surface area contributed by atoms with E-state index in [0.29, 0.717) is 11.6 Å². The molecule has 2 rings (SSSR count). The number of aromatic nitrogens is 1. The number of hydrogen-bond donors (Lipinski definition) is 0. The molecule has 0 saturated heterocycles. The summed E-state index contributed by atoms with van der Waals surface area (Å²) in [5, 5.41) is 0.539. The van der Waals surface area contributed by atoms with E-state index >= 15 is 0 Å². The molecule has 104 valence electrons. The van der Waals surface area contributed by atoms with Gasteiger partial charge >= 0.3 is 0 Å². The van der Waals surface area contributed by atoms with Crippen LogP contribution in [-0.2, 0) is 6.54 Å². The first-order valence-electron chi connectivity index (χ1n) is 5.79. The van der Waals surface area contributed by atoms with Gasteiger partial charge in [-0.2, -0.15) is 0 Å². The summed E-state index contributed by atoms with van der Waals surface area (Å²) in [5.74, 6) is -0.264. The molecule has 1 aromatic heterocycles. The molecule has 0 bridgehead atoms. The fourth-order valence-corrected chi connectivity index (χ4v) is 2.28. The fraction of sp³-hybridized carbons (Fsp3) is 0.143. The Morgan fingerprint density at radius 2 is 1.85 bits per heavy atom. The highest BCUT2D eigenvalue weighted by Gasteiger charge is 2.17. The summed E-state index contributed by atoms with van der Waals surface area (Å²) in [6, 6.07) is 10.9. The van der Waals surface area contributed by atoms with E-state index in [9.17, 15) is 4.79 Å². The summed E-state index contributed by atoms with van der Waals surface area (Å²) in [4.78, 5) is 17.8. The molecule has 20 heavy (non-hydrogen) atoms. The van der Waals surface area contributed by atoms with E-state index in [2.05, 4.69) is 20.9 Å². The predicted molar refractivity (Wildman–Crippen MR) is 84.2 cm³/mol. The lowest BCUT2D eigenvalue weighted by molar-refractivity contribution is 0.0779.